The largest absolute Gasteiger partial charge is 0.308 e. The number of hydrogen-bond donors (Lipinski definition) is 2. The van der Waals surface area contributed by atoms with Crippen molar-refractivity contribution in [1.82, 2.24) is 9.97 Å². The minimum absolute atomic E-state index is 0.611. The van der Waals surface area contributed by atoms with Crippen LogP contribution in [0.25, 0.3) is 0 Å². The van der Waals surface area contributed by atoms with Crippen LogP contribution in [0.5, 0.6) is 0 Å². The van der Waals surface area contributed by atoms with Crippen LogP contribution in [-0.4, -0.2) is 9.97 Å². The lowest BCUT2D eigenvalue weighted by atomic mass is 10.5. The molecule has 0 saturated heterocycles. The summed E-state index contributed by atoms with van der Waals surface area (Å²) in [5, 5.41) is 0. The lowest BCUT2D eigenvalue weighted by Gasteiger charge is -1.99. The average Bonchev–Trinajstić information content (AvgIpc) is 1.85. The molecule has 1 aromatic rings. The van der Waals surface area contributed by atoms with Crippen LogP contribution in [0, 0.1) is 6.92 Å². The predicted molar refractivity (Wildman–Crippen MR) is 42.3 cm³/mol. The molecule has 0 spiro atoms. The topological polar surface area (TPSA) is 63.8 Å². The van der Waals surface area contributed by atoms with E-state index in [1.807, 2.05) is 0 Å². The van der Waals surface area contributed by atoms with Gasteiger partial charge in [-0.2, -0.15) is 0 Å². The molecule has 4 nitrogen and oxygen atoms in total. The smallest absolute Gasteiger partial charge is 0.144 e. The van der Waals surface area contributed by atoms with E-state index >= 15 is 0 Å². The minimum Gasteiger partial charge on any atom is -0.308 e. The number of hydrogen-bond acceptors (Lipinski definition) is 4. The number of nitrogen functional groups attached to an aromatic ring is 1. The molecular formula is C5H7BrN4. The third-order valence-corrected chi connectivity index (χ3v) is 1.36. The summed E-state index contributed by atoms with van der Waals surface area (Å²) in [4.78, 5) is 7.97. The van der Waals surface area contributed by atoms with E-state index in [4.69, 9.17) is 5.84 Å². The van der Waals surface area contributed by atoms with Crippen molar-refractivity contribution in [3.8, 4) is 0 Å². The van der Waals surface area contributed by atoms with Gasteiger partial charge in [0.15, 0.2) is 0 Å². The summed E-state index contributed by atoms with van der Waals surface area (Å²) in [6.07, 6.45) is 0. The summed E-state index contributed by atoms with van der Waals surface area (Å²) in [5.41, 5.74) is 2.43. The van der Waals surface area contributed by atoms with Gasteiger partial charge in [0.25, 0.3) is 0 Å². The number of nitrogens with one attached hydrogen (secondary N) is 1. The van der Waals surface area contributed by atoms with E-state index in [-0.39, 0.29) is 0 Å². The molecule has 5 heteroatoms. The first kappa shape index (κ1) is 7.43. The Morgan fingerprint density at radius 3 is 2.80 bits per heavy atom. The molecule has 0 bridgehead atoms. The van der Waals surface area contributed by atoms with Crippen molar-refractivity contribution >= 4 is 21.7 Å². The molecule has 0 aromatic carbocycles. The highest BCUT2D eigenvalue weighted by Gasteiger charge is 1.95. The van der Waals surface area contributed by atoms with Crippen LogP contribution >= 0.6 is 15.9 Å². The third kappa shape index (κ3) is 1.65. The van der Waals surface area contributed by atoms with Gasteiger partial charge in [-0.05, 0) is 22.9 Å². The van der Waals surface area contributed by atoms with Crippen molar-refractivity contribution in [1.29, 1.82) is 0 Å². The molecule has 0 aliphatic rings. The maximum absolute atomic E-state index is 5.13. The number of aromatic nitrogens is 2. The van der Waals surface area contributed by atoms with Crippen molar-refractivity contribution in [2.45, 2.75) is 6.92 Å². The summed E-state index contributed by atoms with van der Waals surface area (Å²) in [6, 6.07) is 1.70. The Bertz CT molecular complexity index is 217. The van der Waals surface area contributed by atoms with E-state index in [1.165, 1.54) is 0 Å². The summed E-state index contributed by atoms with van der Waals surface area (Å²) in [6.45, 7) is 1.80. The molecule has 0 atom stereocenters. The predicted octanol–water partition coefficient (Wildman–Crippen LogP) is 0.833. The van der Waals surface area contributed by atoms with Gasteiger partial charge in [-0.3, -0.25) is 0 Å². The second-order valence-corrected chi connectivity index (χ2v) is 2.58. The summed E-state index contributed by atoms with van der Waals surface area (Å²) in [5.74, 6) is 6.42. The van der Waals surface area contributed by atoms with Gasteiger partial charge in [0.1, 0.15) is 16.2 Å². The zero-order valence-corrected chi connectivity index (χ0v) is 7.01. The van der Waals surface area contributed by atoms with Crippen LogP contribution < -0.4 is 11.3 Å². The van der Waals surface area contributed by atoms with Crippen molar-refractivity contribution < 1.29 is 0 Å². The number of anilines is 1. The van der Waals surface area contributed by atoms with Gasteiger partial charge in [0.2, 0.25) is 0 Å². The first-order valence-corrected chi connectivity index (χ1v) is 3.49. The van der Waals surface area contributed by atoms with Gasteiger partial charge in [0.05, 0.1) is 0 Å². The second kappa shape index (κ2) is 2.94. The van der Waals surface area contributed by atoms with Crippen LogP contribution in [0.3, 0.4) is 0 Å². The fourth-order valence-electron chi connectivity index (χ4n) is 0.605. The monoisotopic (exact) mass is 202 g/mol. The Morgan fingerprint density at radius 1 is 1.60 bits per heavy atom. The third-order valence-electron chi connectivity index (χ3n) is 0.955. The zero-order valence-electron chi connectivity index (χ0n) is 5.43. The number of rotatable bonds is 1. The molecule has 0 aliphatic carbocycles. The first-order chi connectivity index (χ1) is 4.72. The molecule has 3 N–H and O–H groups in total. The van der Waals surface area contributed by atoms with Crippen LogP contribution in [0.4, 0.5) is 5.82 Å². The van der Waals surface area contributed by atoms with Gasteiger partial charge in [-0.1, -0.05) is 0 Å². The maximum Gasteiger partial charge on any atom is 0.144 e. The minimum atomic E-state index is 0.611. The number of halogens is 1. The molecule has 54 valence electrons. The van der Waals surface area contributed by atoms with E-state index in [9.17, 15) is 0 Å². The fourth-order valence-corrected chi connectivity index (χ4v) is 1.08. The first-order valence-electron chi connectivity index (χ1n) is 2.70. The lowest BCUT2D eigenvalue weighted by molar-refractivity contribution is 1.02. The average molecular weight is 203 g/mol. The highest BCUT2D eigenvalue weighted by atomic mass is 79.9. The van der Waals surface area contributed by atoms with Crippen molar-refractivity contribution in [3.05, 3.63) is 16.5 Å². The van der Waals surface area contributed by atoms with E-state index in [0.29, 0.717) is 11.6 Å². The fraction of sp³-hybridized carbons (Fsp3) is 0.200. The van der Waals surface area contributed by atoms with Crippen molar-refractivity contribution in [3.63, 3.8) is 0 Å². The molecule has 1 rings (SSSR count). The standard InChI is InChI=1S/C5H7BrN4/c1-3-8-4(6)2-5(9-3)10-7/h2H,7H2,1H3,(H,8,9,10). The Morgan fingerprint density at radius 2 is 2.30 bits per heavy atom. The molecule has 0 radical (unpaired) electrons. The maximum atomic E-state index is 5.13. The van der Waals surface area contributed by atoms with Crippen LogP contribution in [0.15, 0.2) is 10.7 Å². The van der Waals surface area contributed by atoms with E-state index < -0.39 is 0 Å². The number of nitrogens with two attached hydrogens (primary N) is 1. The summed E-state index contributed by atoms with van der Waals surface area (Å²) < 4.78 is 0.730. The van der Waals surface area contributed by atoms with E-state index in [1.54, 1.807) is 13.0 Å². The molecule has 0 amide bonds. The Balaban J connectivity index is 3.06. The SMILES string of the molecule is Cc1nc(Br)cc(NN)n1. The number of aryl methyl sites for hydroxylation is 1. The van der Waals surface area contributed by atoms with Crippen molar-refractivity contribution in [2.24, 2.45) is 5.84 Å². The zero-order chi connectivity index (χ0) is 7.56. The molecule has 0 unspecified atom stereocenters. The van der Waals surface area contributed by atoms with Gasteiger partial charge >= 0.3 is 0 Å². The van der Waals surface area contributed by atoms with E-state index in [0.717, 1.165) is 4.60 Å². The molecule has 1 aromatic heterocycles. The quantitative estimate of drug-likeness (QED) is 0.403. The molecule has 0 saturated carbocycles. The van der Waals surface area contributed by atoms with E-state index in [2.05, 4.69) is 31.3 Å². The lowest BCUT2D eigenvalue weighted by Crippen LogP contribution is -2.09. The molecule has 10 heavy (non-hydrogen) atoms. The highest BCUT2D eigenvalue weighted by Crippen LogP contribution is 2.09. The molecular weight excluding hydrogens is 196 g/mol. The van der Waals surface area contributed by atoms with Gasteiger partial charge < -0.3 is 5.43 Å². The molecule has 0 aliphatic heterocycles. The van der Waals surface area contributed by atoms with Crippen molar-refractivity contribution in [2.75, 3.05) is 5.43 Å². The van der Waals surface area contributed by atoms with Gasteiger partial charge in [-0.15, -0.1) is 0 Å². The van der Waals surface area contributed by atoms with Crippen LogP contribution in [-0.2, 0) is 0 Å². The molecule has 0 fully saturated rings. The summed E-state index contributed by atoms with van der Waals surface area (Å²) >= 11 is 3.21. The van der Waals surface area contributed by atoms with Crippen LogP contribution in [0.1, 0.15) is 5.82 Å². The number of hydrazine groups is 1. The van der Waals surface area contributed by atoms with Crippen LogP contribution in [0.2, 0.25) is 0 Å². The van der Waals surface area contributed by atoms with Gasteiger partial charge in [-0.25, -0.2) is 15.8 Å². The Hall–Kier alpha value is -0.680. The molecule has 1 heterocycles. The normalized spacial score (nSPS) is 9.50. The Kier molecular flexibility index (Phi) is 2.18. The van der Waals surface area contributed by atoms with Gasteiger partial charge in [0, 0.05) is 6.07 Å². The number of nitrogens with zero attached hydrogens (tertiary/aromatic N) is 2. The summed E-state index contributed by atoms with van der Waals surface area (Å²) in [7, 11) is 0. The second-order valence-electron chi connectivity index (χ2n) is 1.77. The Labute approximate surface area is 67.0 Å². The highest BCUT2D eigenvalue weighted by molar-refractivity contribution is 9.10.